The van der Waals surface area contributed by atoms with Gasteiger partial charge in [0.05, 0.1) is 5.60 Å². The largest absolute Gasteiger partial charge is 0.392 e. The fraction of sp³-hybridized carbons (Fsp3) is 1.00. The fourth-order valence-corrected chi connectivity index (χ4v) is 2.47. The summed E-state index contributed by atoms with van der Waals surface area (Å²) in [6, 6.07) is 0. The Morgan fingerprint density at radius 2 is 1.72 bits per heavy atom. The number of halogens is 2. The second-order valence-corrected chi connectivity index (χ2v) is 6.89. The lowest BCUT2D eigenvalue weighted by Crippen LogP contribution is -2.42. The topological polar surface area (TPSA) is 63.6 Å². The third-order valence-corrected chi connectivity index (χ3v) is 4.45. The Hall–Kier alpha value is -0.270. The average molecular weight is 286 g/mol. The predicted molar refractivity (Wildman–Crippen MR) is 63.1 cm³/mol. The summed E-state index contributed by atoms with van der Waals surface area (Å²) in [7, 11) is -5.41. The summed E-state index contributed by atoms with van der Waals surface area (Å²) in [6.07, 6.45) is 4.99. The lowest BCUT2D eigenvalue weighted by Gasteiger charge is -2.37. The van der Waals surface area contributed by atoms with Crippen molar-refractivity contribution in [3.8, 4) is 0 Å². The second kappa shape index (κ2) is 5.38. The van der Waals surface area contributed by atoms with Crippen molar-refractivity contribution in [1.29, 1.82) is 0 Å². The molecule has 18 heavy (non-hydrogen) atoms. The van der Waals surface area contributed by atoms with E-state index < -0.39 is 27.6 Å². The van der Waals surface area contributed by atoms with Crippen molar-refractivity contribution < 1.29 is 26.5 Å². The van der Waals surface area contributed by atoms with E-state index in [1.165, 1.54) is 0 Å². The van der Waals surface area contributed by atoms with E-state index in [4.69, 9.17) is 9.29 Å². The summed E-state index contributed by atoms with van der Waals surface area (Å²) >= 11 is 0. The van der Waals surface area contributed by atoms with E-state index in [-0.39, 0.29) is 5.92 Å². The van der Waals surface area contributed by atoms with Crippen LogP contribution in [0.3, 0.4) is 0 Å². The molecule has 0 amide bonds. The molecule has 1 fully saturated rings. The van der Waals surface area contributed by atoms with Gasteiger partial charge < -0.3 is 4.74 Å². The van der Waals surface area contributed by atoms with Gasteiger partial charge >= 0.3 is 15.4 Å². The zero-order valence-electron chi connectivity index (χ0n) is 10.7. The lowest BCUT2D eigenvalue weighted by molar-refractivity contribution is -0.120. The van der Waals surface area contributed by atoms with Crippen molar-refractivity contribution in [1.82, 2.24) is 0 Å². The van der Waals surface area contributed by atoms with Gasteiger partial charge in [0.15, 0.2) is 0 Å². The van der Waals surface area contributed by atoms with Crippen LogP contribution in [0, 0.1) is 5.92 Å². The number of hydrogen-bond acceptors (Lipinski definition) is 3. The zero-order valence-corrected chi connectivity index (χ0v) is 11.5. The zero-order chi connectivity index (χ0) is 14.0. The molecule has 1 N–H and O–H groups in total. The predicted octanol–water partition coefficient (Wildman–Crippen LogP) is 2.84. The molecule has 0 unspecified atom stereocenters. The minimum atomic E-state index is -5.41. The molecule has 1 aliphatic carbocycles. The van der Waals surface area contributed by atoms with E-state index in [0.717, 1.165) is 32.1 Å². The van der Waals surface area contributed by atoms with Gasteiger partial charge in [-0.25, -0.2) is 0 Å². The van der Waals surface area contributed by atoms with Crippen molar-refractivity contribution in [2.75, 3.05) is 6.61 Å². The molecule has 0 aliphatic heterocycles. The molecule has 1 aliphatic rings. The molecule has 0 aromatic rings. The summed E-state index contributed by atoms with van der Waals surface area (Å²) in [6.45, 7) is 2.06. The lowest BCUT2D eigenvalue weighted by atomic mass is 9.79. The highest BCUT2D eigenvalue weighted by Crippen LogP contribution is 2.36. The highest BCUT2D eigenvalue weighted by Gasteiger charge is 2.46. The van der Waals surface area contributed by atoms with Crippen LogP contribution in [0.4, 0.5) is 8.78 Å². The molecule has 1 saturated carbocycles. The molecule has 0 aromatic carbocycles. The number of hydrogen-bond donors (Lipinski definition) is 1. The molecular weight excluding hydrogens is 266 g/mol. The van der Waals surface area contributed by atoms with Crippen LogP contribution in [0.2, 0.25) is 0 Å². The minimum Gasteiger partial charge on any atom is -0.368 e. The molecule has 0 atom stereocenters. The van der Waals surface area contributed by atoms with Crippen LogP contribution in [0.25, 0.3) is 0 Å². The second-order valence-electron chi connectivity index (χ2n) is 5.34. The van der Waals surface area contributed by atoms with Crippen molar-refractivity contribution in [2.24, 2.45) is 5.92 Å². The minimum absolute atomic E-state index is 0.142. The van der Waals surface area contributed by atoms with Gasteiger partial charge in [0.2, 0.25) is 0 Å². The average Bonchev–Trinajstić information content (AvgIpc) is 2.26. The van der Waals surface area contributed by atoms with E-state index in [2.05, 4.69) is 0 Å². The Balaban J connectivity index is 2.61. The quantitative estimate of drug-likeness (QED) is 0.789. The van der Waals surface area contributed by atoms with E-state index in [9.17, 15) is 17.2 Å². The van der Waals surface area contributed by atoms with Crippen molar-refractivity contribution in [3.63, 3.8) is 0 Å². The smallest absolute Gasteiger partial charge is 0.368 e. The summed E-state index contributed by atoms with van der Waals surface area (Å²) in [5.74, 6) is 0.142. The van der Waals surface area contributed by atoms with E-state index in [1.807, 2.05) is 0 Å². The van der Waals surface area contributed by atoms with E-state index in [0.29, 0.717) is 0 Å². The molecule has 4 nitrogen and oxygen atoms in total. The maximum atomic E-state index is 13.1. The van der Waals surface area contributed by atoms with Crippen molar-refractivity contribution in [2.45, 2.75) is 56.8 Å². The van der Waals surface area contributed by atoms with Gasteiger partial charge in [0.1, 0.15) is 6.61 Å². The van der Waals surface area contributed by atoms with Gasteiger partial charge in [-0.2, -0.15) is 17.2 Å². The Labute approximate surface area is 106 Å². The van der Waals surface area contributed by atoms with Crippen molar-refractivity contribution in [3.05, 3.63) is 0 Å². The molecule has 0 bridgehead atoms. The molecule has 0 saturated heterocycles. The standard InChI is InChI=1S/C11H20F2O4S/c1-10(2,9-6-4-3-5-7-9)17-8-11(12,13)18(14,15)16/h9H,3-8H2,1-2H3,(H,14,15,16). The number of rotatable bonds is 5. The van der Waals surface area contributed by atoms with E-state index >= 15 is 0 Å². The van der Waals surface area contributed by atoms with Gasteiger partial charge in [0, 0.05) is 0 Å². The molecular formula is C11H20F2O4S. The number of alkyl halides is 2. The van der Waals surface area contributed by atoms with Gasteiger partial charge in [-0.1, -0.05) is 19.3 Å². The van der Waals surface area contributed by atoms with Crippen LogP contribution in [0.15, 0.2) is 0 Å². The van der Waals surface area contributed by atoms with E-state index in [1.54, 1.807) is 13.8 Å². The summed E-state index contributed by atoms with van der Waals surface area (Å²) < 4.78 is 60.5. The summed E-state index contributed by atoms with van der Waals surface area (Å²) in [4.78, 5) is 0. The molecule has 1 rings (SSSR count). The van der Waals surface area contributed by atoms with Gasteiger partial charge in [-0.3, -0.25) is 4.55 Å². The SMILES string of the molecule is CC(C)(OCC(F)(F)S(=O)(=O)O)C1CCCCC1. The third kappa shape index (κ3) is 3.86. The first-order valence-corrected chi connectivity index (χ1v) is 7.49. The maximum Gasteiger partial charge on any atom is 0.392 e. The molecule has 7 heteroatoms. The Kier molecular flexibility index (Phi) is 4.72. The normalized spacial score (nSPS) is 20.1. The molecule has 108 valence electrons. The molecule has 0 radical (unpaired) electrons. The van der Waals surface area contributed by atoms with Crippen LogP contribution in [-0.2, 0) is 14.9 Å². The Morgan fingerprint density at radius 3 is 2.17 bits per heavy atom. The first-order valence-electron chi connectivity index (χ1n) is 6.05. The summed E-state index contributed by atoms with van der Waals surface area (Å²) in [5, 5.41) is -4.25. The molecule has 0 spiro atoms. The number of ether oxygens (including phenoxy) is 1. The van der Waals surface area contributed by atoms with Gasteiger partial charge in [-0.05, 0) is 32.6 Å². The van der Waals surface area contributed by atoms with Crippen LogP contribution in [0.1, 0.15) is 46.0 Å². The van der Waals surface area contributed by atoms with Crippen LogP contribution in [-0.4, -0.2) is 30.4 Å². The maximum absolute atomic E-state index is 13.1. The first-order chi connectivity index (χ1) is 8.06. The Morgan fingerprint density at radius 1 is 1.22 bits per heavy atom. The van der Waals surface area contributed by atoms with Gasteiger partial charge in [0.25, 0.3) is 0 Å². The molecule has 0 heterocycles. The highest BCUT2D eigenvalue weighted by molar-refractivity contribution is 7.86. The van der Waals surface area contributed by atoms with Crippen LogP contribution < -0.4 is 0 Å². The monoisotopic (exact) mass is 286 g/mol. The fourth-order valence-electron chi connectivity index (χ4n) is 2.26. The van der Waals surface area contributed by atoms with Crippen LogP contribution in [0.5, 0.6) is 0 Å². The molecule has 0 aromatic heterocycles. The first kappa shape index (κ1) is 15.8. The highest BCUT2D eigenvalue weighted by atomic mass is 32.2. The Bertz CT molecular complexity index is 373. The third-order valence-electron chi connectivity index (χ3n) is 3.58. The van der Waals surface area contributed by atoms with Crippen LogP contribution >= 0.6 is 0 Å². The summed E-state index contributed by atoms with van der Waals surface area (Å²) in [5.41, 5.74) is -0.811. The van der Waals surface area contributed by atoms with Crippen molar-refractivity contribution >= 4 is 10.1 Å². The van der Waals surface area contributed by atoms with Gasteiger partial charge in [-0.15, -0.1) is 0 Å².